The lowest BCUT2D eigenvalue weighted by molar-refractivity contribution is 0.101. The van der Waals surface area contributed by atoms with E-state index in [0.717, 1.165) is 77.0 Å². The molecule has 8 heteroatoms. The van der Waals surface area contributed by atoms with Crippen LogP contribution in [0.3, 0.4) is 0 Å². The molecule has 2 aromatic carbocycles. The molecule has 5 aromatic rings. The van der Waals surface area contributed by atoms with Crippen molar-refractivity contribution in [2.45, 2.75) is 6.54 Å². The molecule has 8 nitrogen and oxygen atoms in total. The Labute approximate surface area is 207 Å². The van der Waals surface area contributed by atoms with Gasteiger partial charge in [-0.3, -0.25) is 9.69 Å². The molecule has 36 heavy (non-hydrogen) atoms. The highest BCUT2D eigenvalue weighted by Crippen LogP contribution is 2.37. The number of carbonyl (C=O) groups is 1. The van der Waals surface area contributed by atoms with Crippen molar-refractivity contribution in [3.8, 4) is 22.5 Å². The fraction of sp³-hybridized carbons (Fsp3) is 0.214. The Morgan fingerprint density at radius 1 is 0.972 bits per heavy atom. The van der Waals surface area contributed by atoms with E-state index < -0.39 is 0 Å². The van der Waals surface area contributed by atoms with Gasteiger partial charge in [0.15, 0.2) is 0 Å². The van der Waals surface area contributed by atoms with Gasteiger partial charge >= 0.3 is 0 Å². The Bertz CT molecular complexity index is 1670. The Kier molecular flexibility index (Phi) is 4.83. The van der Waals surface area contributed by atoms with Crippen molar-refractivity contribution in [1.82, 2.24) is 29.7 Å². The SMILES string of the molecule is CN1CCN(Cc2cccc3[nH]c(-c4ccc(-c5c[nH]c6ncccc56)c5c4C(=O)N=C5)nc23)CC1. The van der Waals surface area contributed by atoms with E-state index in [4.69, 9.17) is 4.98 Å². The van der Waals surface area contributed by atoms with Crippen LogP contribution in [0, 0.1) is 0 Å². The number of imidazole rings is 1. The van der Waals surface area contributed by atoms with Gasteiger partial charge in [-0.2, -0.15) is 0 Å². The van der Waals surface area contributed by atoms with E-state index in [1.165, 1.54) is 5.56 Å². The van der Waals surface area contributed by atoms with E-state index in [0.29, 0.717) is 11.4 Å². The van der Waals surface area contributed by atoms with Crippen molar-refractivity contribution in [2.75, 3.05) is 33.2 Å². The van der Waals surface area contributed by atoms with E-state index >= 15 is 0 Å². The Hall–Kier alpha value is -4.14. The summed E-state index contributed by atoms with van der Waals surface area (Å²) in [7, 11) is 2.17. The number of H-pyrrole nitrogens is 2. The summed E-state index contributed by atoms with van der Waals surface area (Å²) >= 11 is 0. The van der Waals surface area contributed by atoms with Crippen molar-refractivity contribution in [3.63, 3.8) is 0 Å². The van der Waals surface area contributed by atoms with Crippen LogP contribution in [0.15, 0.2) is 59.9 Å². The van der Waals surface area contributed by atoms with Gasteiger partial charge in [0.05, 0.1) is 16.6 Å². The smallest absolute Gasteiger partial charge is 0.278 e. The van der Waals surface area contributed by atoms with Crippen LogP contribution in [0.4, 0.5) is 0 Å². The average molecular weight is 476 g/mol. The molecule has 5 heterocycles. The lowest BCUT2D eigenvalue weighted by atomic mass is 9.93. The number of para-hydroxylation sites is 1. The number of nitrogens with one attached hydrogen (secondary N) is 2. The molecule has 0 radical (unpaired) electrons. The second-order valence-electron chi connectivity index (χ2n) is 9.59. The summed E-state index contributed by atoms with van der Waals surface area (Å²) in [5.74, 6) is 0.455. The van der Waals surface area contributed by atoms with Gasteiger partial charge in [-0.25, -0.2) is 15.0 Å². The number of likely N-dealkylation sites (N-methyl/N-ethyl adjacent to an activating group) is 1. The second kappa shape index (κ2) is 8.22. The number of carbonyl (C=O) groups excluding carboxylic acids is 1. The fourth-order valence-electron chi connectivity index (χ4n) is 5.38. The van der Waals surface area contributed by atoms with E-state index in [-0.39, 0.29) is 5.91 Å². The summed E-state index contributed by atoms with van der Waals surface area (Å²) in [6.07, 6.45) is 5.38. The summed E-state index contributed by atoms with van der Waals surface area (Å²) in [5, 5.41) is 1.01. The van der Waals surface area contributed by atoms with Crippen LogP contribution in [0.2, 0.25) is 0 Å². The topological polar surface area (TPSA) is 93.3 Å². The van der Waals surface area contributed by atoms with Crippen molar-refractivity contribution >= 4 is 34.2 Å². The monoisotopic (exact) mass is 475 g/mol. The molecule has 1 saturated heterocycles. The maximum absolute atomic E-state index is 12.9. The summed E-state index contributed by atoms with van der Waals surface area (Å²) in [5.41, 5.74) is 8.08. The van der Waals surface area contributed by atoms with Gasteiger partial charge in [-0.1, -0.05) is 18.2 Å². The molecule has 0 aliphatic carbocycles. The first-order valence-corrected chi connectivity index (χ1v) is 12.2. The minimum Gasteiger partial charge on any atom is -0.346 e. The van der Waals surface area contributed by atoms with Gasteiger partial charge in [-0.15, -0.1) is 0 Å². The lowest BCUT2D eigenvalue weighted by Crippen LogP contribution is -2.43. The molecule has 2 aliphatic heterocycles. The molecule has 2 N–H and O–H groups in total. The highest BCUT2D eigenvalue weighted by molar-refractivity contribution is 6.20. The van der Waals surface area contributed by atoms with Crippen molar-refractivity contribution in [1.29, 1.82) is 0 Å². The molecule has 0 saturated carbocycles. The maximum Gasteiger partial charge on any atom is 0.278 e. The number of amides is 1. The van der Waals surface area contributed by atoms with E-state index in [9.17, 15) is 4.79 Å². The number of fused-ring (bicyclic) bond motifs is 3. The number of piperazine rings is 1. The first kappa shape index (κ1) is 21.2. The van der Waals surface area contributed by atoms with Gasteiger partial charge in [0, 0.05) is 73.4 Å². The van der Waals surface area contributed by atoms with Gasteiger partial charge in [-0.05, 0) is 42.4 Å². The molecular weight excluding hydrogens is 450 g/mol. The highest BCUT2D eigenvalue weighted by atomic mass is 16.1. The largest absolute Gasteiger partial charge is 0.346 e. The quantitative estimate of drug-likeness (QED) is 0.408. The first-order valence-electron chi connectivity index (χ1n) is 12.2. The minimum absolute atomic E-state index is 0.238. The molecule has 0 bridgehead atoms. The number of hydrogen-bond acceptors (Lipinski definition) is 5. The predicted molar refractivity (Wildman–Crippen MR) is 141 cm³/mol. The molecule has 0 unspecified atom stereocenters. The molecule has 0 atom stereocenters. The molecule has 1 amide bonds. The van der Waals surface area contributed by atoms with Gasteiger partial charge in [0.2, 0.25) is 0 Å². The Balaban J connectivity index is 1.31. The number of hydrogen-bond donors (Lipinski definition) is 2. The average Bonchev–Trinajstić information content (AvgIpc) is 3.62. The number of aliphatic imine (C=N–C) groups is 1. The van der Waals surface area contributed by atoms with Crippen LogP contribution < -0.4 is 0 Å². The van der Waals surface area contributed by atoms with Gasteiger partial charge < -0.3 is 14.9 Å². The number of benzene rings is 2. The summed E-state index contributed by atoms with van der Waals surface area (Å²) < 4.78 is 0. The van der Waals surface area contributed by atoms with Crippen LogP contribution in [0.5, 0.6) is 0 Å². The summed E-state index contributed by atoms with van der Waals surface area (Å²) in [4.78, 5) is 38.0. The molecule has 7 rings (SSSR count). The van der Waals surface area contributed by atoms with E-state index in [2.05, 4.69) is 48.9 Å². The molecular formula is C28H25N7O. The third-order valence-electron chi connectivity index (χ3n) is 7.35. The first-order chi connectivity index (χ1) is 17.7. The maximum atomic E-state index is 12.9. The molecule has 3 aromatic heterocycles. The summed E-state index contributed by atoms with van der Waals surface area (Å²) in [6, 6.07) is 14.2. The molecule has 178 valence electrons. The molecule has 2 aliphatic rings. The Morgan fingerprint density at radius 2 is 1.83 bits per heavy atom. The van der Waals surface area contributed by atoms with E-state index in [1.54, 1.807) is 12.4 Å². The van der Waals surface area contributed by atoms with Crippen molar-refractivity contribution < 1.29 is 4.79 Å². The van der Waals surface area contributed by atoms with Crippen LogP contribution in [-0.4, -0.2) is 75.1 Å². The van der Waals surface area contributed by atoms with Crippen molar-refractivity contribution in [3.05, 3.63) is 71.5 Å². The highest BCUT2D eigenvalue weighted by Gasteiger charge is 2.27. The zero-order valence-electron chi connectivity index (χ0n) is 20.0. The van der Waals surface area contributed by atoms with Crippen LogP contribution >= 0.6 is 0 Å². The van der Waals surface area contributed by atoms with Gasteiger partial charge in [0.25, 0.3) is 5.91 Å². The summed E-state index contributed by atoms with van der Waals surface area (Å²) in [6.45, 7) is 5.12. The van der Waals surface area contributed by atoms with Crippen molar-refractivity contribution in [2.24, 2.45) is 4.99 Å². The Morgan fingerprint density at radius 3 is 2.72 bits per heavy atom. The number of pyridine rings is 1. The number of rotatable bonds is 4. The second-order valence-corrected chi connectivity index (χ2v) is 9.59. The fourth-order valence-corrected chi connectivity index (χ4v) is 5.38. The van der Waals surface area contributed by atoms with Crippen LogP contribution in [0.25, 0.3) is 44.6 Å². The normalized spacial score (nSPS) is 16.4. The molecule has 1 fully saturated rings. The van der Waals surface area contributed by atoms with E-state index in [1.807, 2.05) is 36.5 Å². The standard InChI is InChI=1S/C28H25N7O/c1-34-10-12-35(13-11-34)16-17-4-2-6-23-25(17)33-27(32-23)20-8-7-18(22-15-31-28(36)24(20)22)21-14-30-26-19(21)5-3-9-29-26/h2-9,14-15H,10-13,16H2,1H3,(H,29,30)(H,32,33). The third kappa shape index (κ3) is 3.37. The predicted octanol–water partition coefficient (Wildman–Crippen LogP) is 4.09. The number of nitrogens with zero attached hydrogens (tertiary/aromatic N) is 5. The zero-order valence-corrected chi connectivity index (χ0v) is 20.0. The minimum atomic E-state index is -0.238. The lowest BCUT2D eigenvalue weighted by Gasteiger charge is -2.32. The van der Waals surface area contributed by atoms with Gasteiger partial charge in [0.1, 0.15) is 11.5 Å². The third-order valence-corrected chi connectivity index (χ3v) is 7.35. The van der Waals surface area contributed by atoms with Crippen LogP contribution in [-0.2, 0) is 6.54 Å². The zero-order chi connectivity index (χ0) is 24.2. The van der Waals surface area contributed by atoms with Crippen LogP contribution in [0.1, 0.15) is 21.5 Å². The number of aromatic amines is 2. The molecule has 0 spiro atoms. The number of aromatic nitrogens is 4.